The molecule has 4 heteroatoms. The summed E-state index contributed by atoms with van der Waals surface area (Å²) in [5, 5.41) is 7.35. The number of aromatic nitrogens is 1. The average molecular weight is 236 g/mol. The smallest absolute Gasteiger partial charge is 0.177 e. The lowest BCUT2D eigenvalue weighted by atomic mass is 10.3. The van der Waals surface area contributed by atoms with Gasteiger partial charge in [-0.3, -0.25) is 0 Å². The van der Waals surface area contributed by atoms with E-state index in [1.807, 2.05) is 6.07 Å². The molecule has 0 spiro atoms. The Morgan fingerprint density at radius 2 is 2.31 bits per heavy atom. The maximum Gasteiger partial charge on any atom is 0.177 e. The molecular weight excluding hydrogens is 220 g/mol. The number of hydrogen-bond donors (Lipinski definition) is 1. The van der Waals surface area contributed by atoms with Gasteiger partial charge in [-0.25, -0.2) is 0 Å². The molecule has 0 atom stereocenters. The van der Waals surface area contributed by atoms with Crippen molar-refractivity contribution >= 4 is 11.3 Å². The third-order valence-corrected chi connectivity index (χ3v) is 3.29. The highest BCUT2D eigenvalue weighted by atomic mass is 32.1. The van der Waals surface area contributed by atoms with Gasteiger partial charge in [0.05, 0.1) is 10.6 Å². The monoisotopic (exact) mass is 236 g/mol. The van der Waals surface area contributed by atoms with Crippen molar-refractivity contribution in [3.63, 3.8) is 0 Å². The van der Waals surface area contributed by atoms with Gasteiger partial charge in [0, 0.05) is 17.5 Å². The van der Waals surface area contributed by atoms with Crippen molar-refractivity contribution in [2.45, 2.75) is 26.8 Å². The van der Waals surface area contributed by atoms with Gasteiger partial charge in [-0.15, -0.1) is 11.3 Å². The minimum Gasteiger partial charge on any atom is -0.355 e. The highest BCUT2D eigenvalue weighted by Gasteiger charge is 2.07. The molecule has 3 nitrogen and oxygen atoms in total. The van der Waals surface area contributed by atoms with Crippen LogP contribution >= 0.6 is 11.3 Å². The molecule has 0 radical (unpaired) electrons. The van der Waals surface area contributed by atoms with E-state index in [0.717, 1.165) is 35.8 Å². The van der Waals surface area contributed by atoms with Crippen LogP contribution in [0.25, 0.3) is 10.6 Å². The predicted molar refractivity (Wildman–Crippen MR) is 66.6 cm³/mol. The summed E-state index contributed by atoms with van der Waals surface area (Å²) in [6.45, 7) is 6.03. The number of nitrogens with one attached hydrogen (secondary N) is 1. The molecule has 0 amide bonds. The molecule has 2 heterocycles. The molecule has 2 aromatic rings. The molecular formula is C12H16N2OS. The Morgan fingerprint density at radius 1 is 1.44 bits per heavy atom. The van der Waals surface area contributed by atoms with Gasteiger partial charge in [-0.1, -0.05) is 12.1 Å². The molecule has 86 valence electrons. The summed E-state index contributed by atoms with van der Waals surface area (Å²) in [6, 6.07) is 6.18. The molecule has 0 aromatic carbocycles. The Hall–Kier alpha value is -1.13. The summed E-state index contributed by atoms with van der Waals surface area (Å²) < 4.78 is 5.32. The molecule has 1 N–H and O–H groups in total. The van der Waals surface area contributed by atoms with E-state index in [-0.39, 0.29) is 0 Å². The Labute approximate surface area is 99.5 Å². The maximum atomic E-state index is 5.32. The van der Waals surface area contributed by atoms with Crippen LogP contribution in [0.3, 0.4) is 0 Å². The van der Waals surface area contributed by atoms with Crippen LogP contribution in [0, 0.1) is 6.92 Å². The fourth-order valence-corrected chi connectivity index (χ4v) is 2.29. The van der Waals surface area contributed by atoms with Crippen LogP contribution < -0.4 is 5.32 Å². The minimum absolute atomic E-state index is 0.779. The zero-order valence-corrected chi connectivity index (χ0v) is 10.4. The lowest BCUT2D eigenvalue weighted by molar-refractivity contribution is 0.421. The predicted octanol–water partition coefficient (Wildman–Crippen LogP) is 3.21. The van der Waals surface area contributed by atoms with E-state index >= 15 is 0 Å². The highest BCUT2D eigenvalue weighted by molar-refractivity contribution is 7.15. The molecule has 0 aliphatic carbocycles. The van der Waals surface area contributed by atoms with Crippen molar-refractivity contribution in [2.75, 3.05) is 6.54 Å². The van der Waals surface area contributed by atoms with Crippen LogP contribution in [0.4, 0.5) is 0 Å². The van der Waals surface area contributed by atoms with Crippen LogP contribution in [0.2, 0.25) is 0 Å². The first-order valence-corrected chi connectivity index (χ1v) is 6.34. The van der Waals surface area contributed by atoms with Crippen LogP contribution in [-0.4, -0.2) is 11.7 Å². The second-order valence-corrected chi connectivity index (χ2v) is 5.06. The molecule has 0 saturated carbocycles. The van der Waals surface area contributed by atoms with Gasteiger partial charge in [0.1, 0.15) is 0 Å². The minimum atomic E-state index is 0.779. The lowest BCUT2D eigenvalue weighted by Gasteiger charge is -1.96. The topological polar surface area (TPSA) is 38.1 Å². The average Bonchev–Trinajstić information content (AvgIpc) is 2.87. The summed E-state index contributed by atoms with van der Waals surface area (Å²) >= 11 is 1.73. The van der Waals surface area contributed by atoms with E-state index in [4.69, 9.17) is 4.52 Å². The number of thiophene rings is 1. The maximum absolute atomic E-state index is 5.32. The van der Waals surface area contributed by atoms with Crippen LogP contribution in [0.1, 0.15) is 23.9 Å². The van der Waals surface area contributed by atoms with E-state index in [2.05, 4.69) is 36.5 Å². The van der Waals surface area contributed by atoms with E-state index in [1.54, 1.807) is 11.3 Å². The number of aryl methyl sites for hydroxylation is 1. The normalized spacial score (nSPS) is 10.9. The summed E-state index contributed by atoms with van der Waals surface area (Å²) in [4.78, 5) is 2.43. The van der Waals surface area contributed by atoms with Gasteiger partial charge >= 0.3 is 0 Å². The zero-order valence-electron chi connectivity index (χ0n) is 9.62. The van der Waals surface area contributed by atoms with Crippen molar-refractivity contribution in [2.24, 2.45) is 0 Å². The Bertz CT molecular complexity index is 447. The Morgan fingerprint density at radius 3 is 3.00 bits per heavy atom. The molecule has 0 bridgehead atoms. The molecule has 16 heavy (non-hydrogen) atoms. The van der Waals surface area contributed by atoms with Crippen LogP contribution in [0.5, 0.6) is 0 Å². The van der Waals surface area contributed by atoms with E-state index in [9.17, 15) is 0 Å². The van der Waals surface area contributed by atoms with Gasteiger partial charge in [0.25, 0.3) is 0 Å². The number of nitrogens with zero attached hydrogens (tertiary/aromatic N) is 1. The summed E-state index contributed by atoms with van der Waals surface area (Å²) in [5.41, 5.74) is 0.967. The third-order valence-electron chi connectivity index (χ3n) is 2.28. The first-order valence-electron chi connectivity index (χ1n) is 5.52. The lowest BCUT2D eigenvalue weighted by Crippen LogP contribution is -2.13. The van der Waals surface area contributed by atoms with Crippen molar-refractivity contribution in [3.8, 4) is 10.6 Å². The van der Waals surface area contributed by atoms with E-state index in [1.165, 1.54) is 4.88 Å². The van der Waals surface area contributed by atoms with Crippen molar-refractivity contribution in [1.29, 1.82) is 0 Å². The summed E-state index contributed by atoms with van der Waals surface area (Å²) in [5.74, 6) is 0.867. The largest absolute Gasteiger partial charge is 0.355 e. The molecule has 0 unspecified atom stereocenters. The van der Waals surface area contributed by atoms with Crippen LogP contribution in [0.15, 0.2) is 22.7 Å². The van der Waals surface area contributed by atoms with Gasteiger partial charge in [-0.05, 0) is 32.0 Å². The second kappa shape index (κ2) is 5.27. The SMILES string of the molecule is CCCNCc1cc(-c2ccc(C)s2)on1. The first kappa shape index (κ1) is 11.4. The summed E-state index contributed by atoms with van der Waals surface area (Å²) in [6.07, 6.45) is 1.13. The second-order valence-electron chi connectivity index (χ2n) is 3.77. The van der Waals surface area contributed by atoms with Gasteiger partial charge in [0.15, 0.2) is 5.76 Å². The van der Waals surface area contributed by atoms with E-state index < -0.39 is 0 Å². The number of hydrogen-bond acceptors (Lipinski definition) is 4. The van der Waals surface area contributed by atoms with Gasteiger partial charge in [0.2, 0.25) is 0 Å². The standard InChI is InChI=1S/C12H16N2OS/c1-3-6-13-8-10-7-11(15-14-10)12-5-4-9(2)16-12/h4-5,7,13H,3,6,8H2,1-2H3. The first-order chi connectivity index (χ1) is 7.79. The molecule has 0 aliphatic heterocycles. The van der Waals surface area contributed by atoms with Crippen molar-refractivity contribution < 1.29 is 4.52 Å². The zero-order chi connectivity index (χ0) is 11.4. The summed E-state index contributed by atoms with van der Waals surface area (Å²) in [7, 11) is 0. The molecule has 0 fully saturated rings. The molecule has 2 aromatic heterocycles. The van der Waals surface area contributed by atoms with Gasteiger partial charge in [-0.2, -0.15) is 0 Å². The van der Waals surface area contributed by atoms with Crippen molar-refractivity contribution in [1.82, 2.24) is 10.5 Å². The van der Waals surface area contributed by atoms with Crippen molar-refractivity contribution in [3.05, 3.63) is 28.8 Å². The fraction of sp³-hybridized carbons (Fsp3) is 0.417. The molecule has 0 saturated heterocycles. The van der Waals surface area contributed by atoms with E-state index in [0.29, 0.717) is 0 Å². The molecule has 0 aliphatic rings. The van der Waals surface area contributed by atoms with Crippen LogP contribution in [-0.2, 0) is 6.54 Å². The third kappa shape index (κ3) is 2.71. The molecule has 2 rings (SSSR count). The number of rotatable bonds is 5. The Kier molecular flexibility index (Phi) is 3.74. The van der Waals surface area contributed by atoms with Gasteiger partial charge < -0.3 is 9.84 Å². The fourth-order valence-electron chi connectivity index (χ4n) is 1.47. The highest BCUT2D eigenvalue weighted by Crippen LogP contribution is 2.27. The Balaban J connectivity index is 2.02. The quantitative estimate of drug-likeness (QED) is 0.810.